The van der Waals surface area contributed by atoms with Gasteiger partial charge in [-0.25, -0.2) is 0 Å². The molecule has 0 aromatic carbocycles. The van der Waals surface area contributed by atoms with Gasteiger partial charge in [0.25, 0.3) is 0 Å². The second kappa shape index (κ2) is 3.82. The van der Waals surface area contributed by atoms with Gasteiger partial charge in [-0.15, -0.1) is 0 Å². The maximum absolute atomic E-state index is 10.2. The number of nitrogens with zero attached hydrogens (tertiary/aromatic N) is 1. The molecular weight excluding hydrogens is 174 g/mol. The van der Waals surface area contributed by atoms with Gasteiger partial charge in [0, 0.05) is 6.54 Å². The van der Waals surface area contributed by atoms with Crippen molar-refractivity contribution >= 4 is 0 Å². The Morgan fingerprint density at radius 2 is 1.93 bits per heavy atom. The Morgan fingerprint density at radius 1 is 1.29 bits per heavy atom. The molecule has 2 heteroatoms. The van der Waals surface area contributed by atoms with Gasteiger partial charge < -0.3 is 10.0 Å². The van der Waals surface area contributed by atoms with Crippen molar-refractivity contribution in [2.75, 3.05) is 19.6 Å². The van der Waals surface area contributed by atoms with Gasteiger partial charge in [-0.05, 0) is 50.1 Å². The van der Waals surface area contributed by atoms with E-state index in [9.17, 15) is 5.11 Å². The van der Waals surface area contributed by atoms with Crippen molar-refractivity contribution < 1.29 is 5.11 Å². The van der Waals surface area contributed by atoms with Crippen LogP contribution in [0, 0.1) is 11.3 Å². The molecule has 0 aromatic heterocycles. The van der Waals surface area contributed by atoms with Crippen LogP contribution in [-0.4, -0.2) is 35.7 Å². The lowest BCUT2D eigenvalue weighted by Gasteiger charge is -2.28. The molecule has 0 spiro atoms. The number of aliphatic hydroxyl groups is 1. The third kappa shape index (κ3) is 1.96. The van der Waals surface area contributed by atoms with Gasteiger partial charge in [-0.2, -0.15) is 0 Å². The van der Waals surface area contributed by atoms with E-state index in [-0.39, 0.29) is 11.5 Å². The molecule has 14 heavy (non-hydrogen) atoms. The van der Waals surface area contributed by atoms with Crippen molar-refractivity contribution in [3.8, 4) is 0 Å². The van der Waals surface area contributed by atoms with Gasteiger partial charge in [-0.3, -0.25) is 0 Å². The first-order valence-electron chi connectivity index (χ1n) is 6.00. The number of hydrogen-bond donors (Lipinski definition) is 1. The smallest absolute Gasteiger partial charge is 0.0631 e. The third-order valence-corrected chi connectivity index (χ3v) is 4.10. The third-order valence-electron chi connectivity index (χ3n) is 4.10. The molecule has 2 atom stereocenters. The van der Waals surface area contributed by atoms with Crippen LogP contribution in [0.5, 0.6) is 0 Å². The summed E-state index contributed by atoms with van der Waals surface area (Å²) < 4.78 is 0. The lowest BCUT2D eigenvalue weighted by Crippen LogP contribution is -2.35. The van der Waals surface area contributed by atoms with E-state index >= 15 is 0 Å². The zero-order valence-electron chi connectivity index (χ0n) is 9.50. The van der Waals surface area contributed by atoms with Gasteiger partial charge in [0.2, 0.25) is 0 Å². The fourth-order valence-corrected chi connectivity index (χ4v) is 2.99. The SMILES string of the molecule is CC1(C)CCC(CN2CCCC2)C1O. The Kier molecular flexibility index (Phi) is 2.85. The summed E-state index contributed by atoms with van der Waals surface area (Å²) in [6, 6.07) is 0. The summed E-state index contributed by atoms with van der Waals surface area (Å²) in [5, 5.41) is 10.2. The van der Waals surface area contributed by atoms with E-state index in [0.717, 1.165) is 6.54 Å². The standard InChI is InChI=1S/C12H23NO/c1-12(2)6-5-10(11(12)14)9-13-7-3-4-8-13/h10-11,14H,3-9H2,1-2H3. The maximum Gasteiger partial charge on any atom is 0.0631 e. The molecule has 1 N–H and O–H groups in total. The largest absolute Gasteiger partial charge is 0.392 e. The van der Waals surface area contributed by atoms with E-state index in [4.69, 9.17) is 0 Å². The van der Waals surface area contributed by atoms with Gasteiger partial charge >= 0.3 is 0 Å². The number of aliphatic hydroxyl groups excluding tert-OH is 1. The molecule has 82 valence electrons. The van der Waals surface area contributed by atoms with Gasteiger partial charge in [0.15, 0.2) is 0 Å². The maximum atomic E-state index is 10.2. The molecule has 0 bridgehead atoms. The minimum Gasteiger partial charge on any atom is -0.392 e. The highest BCUT2D eigenvalue weighted by Gasteiger charge is 2.41. The van der Waals surface area contributed by atoms with Crippen LogP contribution in [0.25, 0.3) is 0 Å². The number of rotatable bonds is 2. The highest BCUT2D eigenvalue weighted by Crippen LogP contribution is 2.41. The first kappa shape index (κ1) is 10.4. The van der Waals surface area contributed by atoms with Crippen LogP contribution < -0.4 is 0 Å². The van der Waals surface area contributed by atoms with Crippen LogP contribution in [-0.2, 0) is 0 Å². The molecule has 1 aliphatic heterocycles. The minimum atomic E-state index is -0.0805. The van der Waals surface area contributed by atoms with Crippen LogP contribution in [0.1, 0.15) is 39.5 Å². The van der Waals surface area contributed by atoms with Crippen LogP contribution >= 0.6 is 0 Å². The second-order valence-electron chi connectivity index (χ2n) is 5.74. The average Bonchev–Trinajstić information content (AvgIpc) is 2.70. The summed E-state index contributed by atoms with van der Waals surface area (Å²) in [7, 11) is 0. The predicted octanol–water partition coefficient (Wildman–Crippen LogP) is 1.88. The average molecular weight is 197 g/mol. The Bertz CT molecular complexity index is 196. The van der Waals surface area contributed by atoms with Crippen molar-refractivity contribution in [3.05, 3.63) is 0 Å². The van der Waals surface area contributed by atoms with E-state index in [2.05, 4.69) is 18.7 Å². The summed E-state index contributed by atoms with van der Waals surface area (Å²) >= 11 is 0. The lowest BCUT2D eigenvalue weighted by molar-refractivity contribution is 0.0354. The summed E-state index contributed by atoms with van der Waals surface area (Å²) in [4.78, 5) is 2.52. The molecule has 1 heterocycles. The van der Waals surface area contributed by atoms with Crippen LogP contribution in [0.3, 0.4) is 0 Å². The molecule has 2 aliphatic rings. The zero-order chi connectivity index (χ0) is 10.2. The summed E-state index contributed by atoms with van der Waals surface area (Å²) in [5.74, 6) is 0.531. The van der Waals surface area contributed by atoms with Crippen LogP contribution in [0.2, 0.25) is 0 Å². The van der Waals surface area contributed by atoms with Gasteiger partial charge in [0.05, 0.1) is 6.10 Å². The van der Waals surface area contributed by atoms with Crippen molar-refractivity contribution in [3.63, 3.8) is 0 Å². The molecule has 0 amide bonds. The Hall–Kier alpha value is -0.0800. The highest BCUT2D eigenvalue weighted by molar-refractivity contribution is 4.92. The fourth-order valence-electron chi connectivity index (χ4n) is 2.99. The molecule has 1 saturated heterocycles. The lowest BCUT2D eigenvalue weighted by atomic mass is 9.87. The van der Waals surface area contributed by atoms with E-state index < -0.39 is 0 Å². The molecule has 2 rings (SSSR count). The topological polar surface area (TPSA) is 23.5 Å². The summed E-state index contributed by atoms with van der Waals surface area (Å²) in [6.45, 7) is 8.03. The minimum absolute atomic E-state index is 0.0805. The van der Waals surface area contributed by atoms with Crippen LogP contribution in [0.15, 0.2) is 0 Å². The predicted molar refractivity (Wildman–Crippen MR) is 58.2 cm³/mol. The number of likely N-dealkylation sites (tertiary alicyclic amines) is 1. The summed E-state index contributed by atoms with van der Waals surface area (Å²) in [5.41, 5.74) is 0.157. The Balaban J connectivity index is 1.87. The quantitative estimate of drug-likeness (QED) is 0.730. The molecule has 0 radical (unpaired) electrons. The van der Waals surface area contributed by atoms with Crippen LogP contribution in [0.4, 0.5) is 0 Å². The van der Waals surface area contributed by atoms with E-state index in [1.165, 1.54) is 38.8 Å². The van der Waals surface area contributed by atoms with Crippen molar-refractivity contribution in [1.29, 1.82) is 0 Å². The highest BCUT2D eigenvalue weighted by atomic mass is 16.3. The fraction of sp³-hybridized carbons (Fsp3) is 1.00. The van der Waals surface area contributed by atoms with Gasteiger partial charge in [-0.1, -0.05) is 13.8 Å². The van der Waals surface area contributed by atoms with E-state index in [0.29, 0.717) is 5.92 Å². The van der Waals surface area contributed by atoms with Gasteiger partial charge in [0.1, 0.15) is 0 Å². The van der Waals surface area contributed by atoms with E-state index in [1.807, 2.05) is 0 Å². The molecule has 2 fully saturated rings. The van der Waals surface area contributed by atoms with E-state index in [1.54, 1.807) is 0 Å². The van der Waals surface area contributed by atoms with Crippen molar-refractivity contribution in [2.45, 2.75) is 45.6 Å². The molecule has 0 aromatic rings. The van der Waals surface area contributed by atoms with Crippen molar-refractivity contribution in [1.82, 2.24) is 4.90 Å². The molecule has 2 unspecified atom stereocenters. The molecule has 1 aliphatic carbocycles. The monoisotopic (exact) mass is 197 g/mol. The number of hydrogen-bond acceptors (Lipinski definition) is 2. The summed E-state index contributed by atoms with van der Waals surface area (Å²) in [6.07, 6.45) is 5.03. The van der Waals surface area contributed by atoms with Crippen molar-refractivity contribution in [2.24, 2.45) is 11.3 Å². The first-order chi connectivity index (χ1) is 6.59. The first-order valence-corrected chi connectivity index (χ1v) is 6.00. The Labute approximate surface area is 87.3 Å². The Morgan fingerprint density at radius 3 is 2.43 bits per heavy atom. The molecule has 1 saturated carbocycles. The molecule has 2 nitrogen and oxygen atoms in total. The zero-order valence-corrected chi connectivity index (χ0v) is 9.50. The molecular formula is C12H23NO. The normalized spacial score (nSPS) is 37.9. The second-order valence-corrected chi connectivity index (χ2v) is 5.74.